The maximum Gasteiger partial charge on any atom is 0.0584 e. The van der Waals surface area contributed by atoms with Gasteiger partial charge in [-0.15, -0.1) is 0 Å². The highest BCUT2D eigenvalue weighted by Crippen LogP contribution is 2.48. The number of aliphatic hydroxyl groups excluding tert-OH is 1. The number of rotatable bonds is 5. The summed E-state index contributed by atoms with van der Waals surface area (Å²) in [7, 11) is 0. The molecule has 2 heteroatoms. The smallest absolute Gasteiger partial charge is 0.0584 e. The van der Waals surface area contributed by atoms with Gasteiger partial charge in [-0.2, -0.15) is 0 Å². The van der Waals surface area contributed by atoms with Gasteiger partial charge >= 0.3 is 0 Å². The van der Waals surface area contributed by atoms with Crippen LogP contribution in [0.1, 0.15) is 40.0 Å². The molecule has 1 unspecified atom stereocenters. The zero-order chi connectivity index (χ0) is 9.19. The minimum absolute atomic E-state index is 0.261. The standard InChI is InChI=1S/C10H21NO/c1-4-9(7-12)11-8(2)10(3)5-6-10/h8-9,11-12H,4-7H2,1-3H3/t8?,9-/m1/s1. The Kier molecular flexibility index (Phi) is 3.13. The quantitative estimate of drug-likeness (QED) is 0.657. The summed E-state index contributed by atoms with van der Waals surface area (Å²) in [6.07, 6.45) is 3.68. The fourth-order valence-electron chi connectivity index (χ4n) is 1.48. The molecule has 0 radical (unpaired) electrons. The molecule has 0 saturated heterocycles. The van der Waals surface area contributed by atoms with Gasteiger partial charge < -0.3 is 10.4 Å². The first-order valence-corrected chi connectivity index (χ1v) is 4.99. The van der Waals surface area contributed by atoms with E-state index in [-0.39, 0.29) is 12.6 Å². The van der Waals surface area contributed by atoms with E-state index < -0.39 is 0 Å². The summed E-state index contributed by atoms with van der Waals surface area (Å²) in [5, 5.41) is 12.5. The SMILES string of the molecule is CC[C@H](CO)NC(C)C1(C)CC1. The van der Waals surface area contributed by atoms with Crippen molar-refractivity contribution in [1.82, 2.24) is 5.32 Å². The van der Waals surface area contributed by atoms with Gasteiger partial charge in [-0.25, -0.2) is 0 Å². The Balaban J connectivity index is 2.29. The summed E-state index contributed by atoms with van der Waals surface area (Å²) in [5.41, 5.74) is 0.516. The fourth-order valence-corrected chi connectivity index (χ4v) is 1.48. The molecule has 0 aromatic carbocycles. The van der Waals surface area contributed by atoms with E-state index in [1.54, 1.807) is 0 Å². The molecule has 1 aliphatic carbocycles. The van der Waals surface area contributed by atoms with Crippen molar-refractivity contribution in [3.63, 3.8) is 0 Å². The van der Waals surface area contributed by atoms with Crippen LogP contribution in [0.25, 0.3) is 0 Å². The summed E-state index contributed by atoms with van der Waals surface area (Å²) in [6, 6.07) is 0.840. The molecule has 1 aliphatic rings. The third-order valence-corrected chi connectivity index (χ3v) is 3.28. The lowest BCUT2D eigenvalue weighted by Crippen LogP contribution is -2.42. The van der Waals surface area contributed by atoms with Gasteiger partial charge in [0.2, 0.25) is 0 Å². The maximum absolute atomic E-state index is 9.00. The highest BCUT2D eigenvalue weighted by atomic mass is 16.3. The molecule has 1 fully saturated rings. The molecule has 0 heterocycles. The van der Waals surface area contributed by atoms with Crippen LogP contribution in [0.5, 0.6) is 0 Å². The zero-order valence-corrected chi connectivity index (χ0v) is 8.43. The maximum atomic E-state index is 9.00. The summed E-state index contributed by atoms with van der Waals surface area (Å²) in [4.78, 5) is 0. The number of hydrogen-bond acceptors (Lipinski definition) is 2. The first kappa shape index (κ1) is 10.0. The highest BCUT2D eigenvalue weighted by molar-refractivity contribution is 4.97. The van der Waals surface area contributed by atoms with E-state index in [9.17, 15) is 0 Å². The van der Waals surface area contributed by atoms with Crippen LogP contribution in [0.15, 0.2) is 0 Å². The van der Waals surface area contributed by atoms with Gasteiger partial charge in [0.15, 0.2) is 0 Å². The van der Waals surface area contributed by atoms with Gasteiger partial charge in [0.05, 0.1) is 6.61 Å². The summed E-state index contributed by atoms with van der Waals surface area (Å²) >= 11 is 0. The second kappa shape index (κ2) is 3.75. The molecule has 0 spiro atoms. The first-order valence-electron chi connectivity index (χ1n) is 4.99. The molecule has 0 aromatic heterocycles. The van der Waals surface area contributed by atoms with Crippen LogP contribution in [0.3, 0.4) is 0 Å². The summed E-state index contributed by atoms with van der Waals surface area (Å²) in [5.74, 6) is 0. The molecule has 2 N–H and O–H groups in total. The van der Waals surface area contributed by atoms with Gasteiger partial charge in [0.1, 0.15) is 0 Å². The summed E-state index contributed by atoms with van der Waals surface area (Å²) < 4.78 is 0. The van der Waals surface area contributed by atoms with Crippen LogP contribution in [0, 0.1) is 5.41 Å². The van der Waals surface area contributed by atoms with Crippen molar-refractivity contribution < 1.29 is 5.11 Å². The second-order valence-electron chi connectivity index (χ2n) is 4.33. The van der Waals surface area contributed by atoms with Crippen molar-refractivity contribution in [2.24, 2.45) is 5.41 Å². The Hall–Kier alpha value is -0.0800. The van der Waals surface area contributed by atoms with Gasteiger partial charge in [0.25, 0.3) is 0 Å². The molecule has 2 nitrogen and oxygen atoms in total. The largest absolute Gasteiger partial charge is 0.395 e. The average Bonchev–Trinajstić information content (AvgIpc) is 2.80. The third kappa shape index (κ3) is 2.20. The molecule has 0 bridgehead atoms. The zero-order valence-electron chi connectivity index (χ0n) is 8.43. The molecule has 0 amide bonds. The van der Waals surface area contributed by atoms with E-state index in [0.29, 0.717) is 11.5 Å². The van der Waals surface area contributed by atoms with Crippen molar-refractivity contribution in [2.45, 2.75) is 52.1 Å². The second-order valence-corrected chi connectivity index (χ2v) is 4.33. The Morgan fingerprint density at radius 2 is 2.08 bits per heavy atom. The van der Waals surface area contributed by atoms with Crippen LogP contribution < -0.4 is 5.32 Å². The average molecular weight is 171 g/mol. The Bertz CT molecular complexity index is 139. The number of aliphatic hydroxyl groups is 1. The van der Waals surface area contributed by atoms with E-state index in [0.717, 1.165) is 6.42 Å². The lowest BCUT2D eigenvalue weighted by molar-refractivity contribution is 0.214. The Morgan fingerprint density at radius 1 is 1.50 bits per heavy atom. The van der Waals surface area contributed by atoms with Gasteiger partial charge in [-0.05, 0) is 31.6 Å². The van der Waals surface area contributed by atoms with Gasteiger partial charge in [-0.1, -0.05) is 13.8 Å². The third-order valence-electron chi connectivity index (χ3n) is 3.28. The first-order chi connectivity index (χ1) is 5.62. The van der Waals surface area contributed by atoms with Crippen LogP contribution in [0.2, 0.25) is 0 Å². The number of hydrogen-bond donors (Lipinski definition) is 2. The van der Waals surface area contributed by atoms with Crippen molar-refractivity contribution in [3.8, 4) is 0 Å². The predicted molar refractivity (Wildman–Crippen MR) is 51.1 cm³/mol. The summed E-state index contributed by atoms with van der Waals surface area (Å²) in [6.45, 7) is 6.91. The normalized spacial score (nSPS) is 25.0. The van der Waals surface area contributed by atoms with E-state index in [1.807, 2.05) is 0 Å². The van der Waals surface area contributed by atoms with E-state index in [4.69, 9.17) is 5.11 Å². The van der Waals surface area contributed by atoms with Crippen LogP contribution in [-0.2, 0) is 0 Å². The molecule has 0 aliphatic heterocycles. The molecule has 0 aromatic rings. The topological polar surface area (TPSA) is 32.3 Å². The minimum atomic E-state index is 0.261. The van der Waals surface area contributed by atoms with Gasteiger partial charge in [-0.3, -0.25) is 0 Å². The van der Waals surface area contributed by atoms with Crippen molar-refractivity contribution in [3.05, 3.63) is 0 Å². The molecule has 2 atom stereocenters. The van der Waals surface area contributed by atoms with Crippen LogP contribution in [-0.4, -0.2) is 23.8 Å². The Labute approximate surface area is 75.4 Å². The van der Waals surface area contributed by atoms with E-state index in [2.05, 4.69) is 26.1 Å². The van der Waals surface area contributed by atoms with Gasteiger partial charge in [0, 0.05) is 12.1 Å². The lowest BCUT2D eigenvalue weighted by atomic mass is 9.99. The molecule has 1 saturated carbocycles. The Morgan fingerprint density at radius 3 is 2.42 bits per heavy atom. The minimum Gasteiger partial charge on any atom is -0.395 e. The van der Waals surface area contributed by atoms with E-state index in [1.165, 1.54) is 12.8 Å². The molecule has 72 valence electrons. The predicted octanol–water partition coefficient (Wildman–Crippen LogP) is 1.54. The van der Waals surface area contributed by atoms with E-state index >= 15 is 0 Å². The van der Waals surface area contributed by atoms with Crippen molar-refractivity contribution in [1.29, 1.82) is 0 Å². The lowest BCUT2D eigenvalue weighted by Gasteiger charge is -2.25. The van der Waals surface area contributed by atoms with Crippen molar-refractivity contribution in [2.75, 3.05) is 6.61 Å². The van der Waals surface area contributed by atoms with Crippen LogP contribution in [0.4, 0.5) is 0 Å². The molecular weight excluding hydrogens is 150 g/mol. The van der Waals surface area contributed by atoms with Crippen LogP contribution >= 0.6 is 0 Å². The highest BCUT2D eigenvalue weighted by Gasteiger charge is 2.42. The van der Waals surface area contributed by atoms with Crippen molar-refractivity contribution >= 4 is 0 Å². The monoisotopic (exact) mass is 171 g/mol. The fraction of sp³-hybridized carbons (Fsp3) is 1.00. The molecule has 1 rings (SSSR count). The number of nitrogens with one attached hydrogen (secondary N) is 1. The molecule has 12 heavy (non-hydrogen) atoms. The molecular formula is C10H21NO.